The molecule has 10 nitrogen and oxygen atoms in total. The first-order valence-electron chi connectivity index (χ1n) is 13.5. The minimum atomic E-state index is -0.431. The number of aryl methyl sites for hydroxylation is 2. The van der Waals surface area contributed by atoms with E-state index < -0.39 is 4.92 Å². The van der Waals surface area contributed by atoms with E-state index in [0.29, 0.717) is 27.3 Å². The number of nitro groups is 1. The third-order valence-electron chi connectivity index (χ3n) is 7.25. The van der Waals surface area contributed by atoms with E-state index in [4.69, 9.17) is 0 Å². The van der Waals surface area contributed by atoms with E-state index in [-0.39, 0.29) is 5.69 Å². The number of fused-ring (bicyclic) bond motifs is 1. The van der Waals surface area contributed by atoms with E-state index in [1.165, 1.54) is 35.0 Å². The van der Waals surface area contributed by atoms with Gasteiger partial charge in [0.15, 0.2) is 5.00 Å². The predicted octanol–water partition coefficient (Wildman–Crippen LogP) is 10.1. The Morgan fingerprint density at radius 3 is 2.36 bits per heavy atom. The van der Waals surface area contributed by atoms with E-state index >= 15 is 0 Å². The van der Waals surface area contributed by atoms with Crippen molar-refractivity contribution >= 4 is 77.2 Å². The average molecular weight is 597 g/mol. The highest BCUT2D eigenvalue weighted by Gasteiger charge is 2.16. The predicted molar refractivity (Wildman–Crippen MR) is 171 cm³/mol. The first kappa shape index (κ1) is 27.6. The quantitative estimate of drug-likeness (QED) is 0.100. The summed E-state index contributed by atoms with van der Waals surface area (Å²) >= 11 is 2.98. The number of benzene rings is 3. The molecular formula is C30H28N8O2S2. The standard InChI is InChI=1S/C30H28N8O2S2/c1-19-16-21(6-9-25(19)33-34-30-24-18-23(38(39)40)8-11-27(24)35-42-30)31-32-26-10-7-22(17-20(26)2)36(3)28-12-13-29(41-28)37-14-4-5-15-37/h6-13,16-18H,4-5,14-15H2,1-3H3. The molecule has 1 aliphatic heterocycles. The van der Waals surface area contributed by atoms with Crippen LogP contribution in [0, 0.1) is 24.0 Å². The number of hydrogen-bond acceptors (Lipinski definition) is 11. The Labute approximate surface area is 251 Å². The van der Waals surface area contributed by atoms with Crippen molar-refractivity contribution in [2.45, 2.75) is 26.7 Å². The van der Waals surface area contributed by atoms with Gasteiger partial charge in [-0.3, -0.25) is 10.1 Å². The number of azo groups is 2. The third-order valence-corrected chi connectivity index (χ3v) is 9.23. The van der Waals surface area contributed by atoms with Crippen LogP contribution >= 0.6 is 22.9 Å². The molecule has 0 N–H and O–H groups in total. The van der Waals surface area contributed by atoms with Crippen molar-refractivity contribution in [2.24, 2.45) is 20.5 Å². The molecule has 3 heterocycles. The van der Waals surface area contributed by atoms with Crippen LogP contribution in [0.5, 0.6) is 0 Å². The normalized spacial score (nSPS) is 13.6. The van der Waals surface area contributed by atoms with Gasteiger partial charge in [0.05, 0.1) is 37.5 Å². The zero-order valence-corrected chi connectivity index (χ0v) is 25.0. The van der Waals surface area contributed by atoms with Gasteiger partial charge in [-0.15, -0.1) is 21.6 Å². The fourth-order valence-electron chi connectivity index (χ4n) is 4.82. The molecule has 0 bridgehead atoms. The third kappa shape index (κ3) is 5.76. The Morgan fingerprint density at radius 2 is 1.62 bits per heavy atom. The first-order chi connectivity index (χ1) is 20.4. The lowest BCUT2D eigenvalue weighted by atomic mass is 10.1. The van der Waals surface area contributed by atoms with E-state index in [0.717, 1.165) is 47.1 Å². The lowest BCUT2D eigenvalue weighted by Gasteiger charge is -2.19. The molecule has 0 saturated carbocycles. The summed E-state index contributed by atoms with van der Waals surface area (Å²) in [6, 6.07) is 20.7. The van der Waals surface area contributed by atoms with Gasteiger partial charge in [-0.05, 0) is 104 Å². The van der Waals surface area contributed by atoms with E-state index in [1.54, 1.807) is 6.07 Å². The van der Waals surface area contributed by atoms with E-state index in [2.05, 4.69) is 65.9 Å². The summed E-state index contributed by atoms with van der Waals surface area (Å²) in [5.41, 5.74) is 5.87. The van der Waals surface area contributed by atoms with Crippen molar-refractivity contribution in [3.8, 4) is 0 Å². The summed E-state index contributed by atoms with van der Waals surface area (Å²) in [6.07, 6.45) is 2.54. The summed E-state index contributed by atoms with van der Waals surface area (Å²) in [7, 11) is 2.10. The topological polar surface area (TPSA) is 112 Å². The van der Waals surface area contributed by atoms with Crippen molar-refractivity contribution in [2.75, 3.05) is 29.9 Å². The van der Waals surface area contributed by atoms with Gasteiger partial charge >= 0.3 is 0 Å². The Hall–Kier alpha value is -4.55. The maximum absolute atomic E-state index is 11.1. The number of nitro benzene ring substituents is 1. The number of hydrogen-bond donors (Lipinski definition) is 0. The van der Waals surface area contributed by atoms with Gasteiger partial charge in [0.2, 0.25) is 0 Å². The smallest absolute Gasteiger partial charge is 0.270 e. The number of aromatic nitrogens is 1. The number of thiophene rings is 1. The molecule has 0 atom stereocenters. The van der Waals surface area contributed by atoms with Crippen LogP contribution in [0.2, 0.25) is 0 Å². The van der Waals surface area contributed by atoms with Gasteiger partial charge < -0.3 is 9.80 Å². The van der Waals surface area contributed by atoms with E-state index in [9.17, 15) is 10.1 Å². The second-order valence-electron chi connectivity index (χ2n) is 10.2. The molecule has 0 aliphatic carbocycles. The molecule has 5 aromatic rings. The number of non-ortho nitro benzene ring substituents is 1. The molecule has 3 aromatic carbocycles. The lowest BCUT2D eigenvalue weighted by molar-refractivity contribution is -0.384. The Kier molecular flexibility index (Phi) is 7.72. The molecule has 42 heavy (non-hydrogen) atoms. The van der Waals surface area contributed by atoms with Gasteiger partial charge in [-0.2, -0.15) is 14.6 Å². The molecule has 1 saturated heterocycles. The zero-order valence-electron chi connectivity index (χ0n) is 23.4. The minimum Gasteiger partial charge on any atom is -0.363 e. The molecule has 0 radical (unpaired) electrons. The zero-order chi connectivity index (χ0) is 29.2. The summed E-state index contributed by atoms with van der Waals surface area (Å²) in [5, 5.41) is 32.5. The highest BCUT2D eigenvalue weighted by atomic mass is 32.1. The molecule has 0 amide bonds. The molecule has 1 fully saturated rings. The summed E-state index contributed by atoms with van der Waals surface area (Å²) in [5.74, 6) is 0. The maximum Gasteiger partial charge on any atom is 0.270 e. The van der Waals surface area contributed by atoms with Crippen LogP contribution in [0.3, 0.4) is 0 Å². The summed E-state index contributed by atoms with van der Waals surface area (Å²) in [4.78, 5) is 15.4. The number of rotatable bonds is 8. The molecule has 12 heteroatoms. The van der Waals surface area contributed by atoms with Gasteiger partial charge in [-0.1, -0.05) is 0 Å². The number of anilines is 3. The molecule has 0 unspecified atom stereocenters. The van der Waals surface area contributed by atoms with Crippen molar-refractivity contribution in [3.05, 3.63) is 88.0 Å². The van der Waals surface area contributed by atoms with Gasteiger partial charge in [0, 0.05) is 43.3 Å². The largest absolute Gasteiger partial charge is 0.363 e. The Morgan fingerprint density at radius 1 is 0.881 bits per heavy atom. The highest BCUT2D eigenvalue weighted by Crippen LogP contribution is 2.38. The fourth-order valence-corrected chi connectivity index (χ4v) is 6.54. The molecule has 6 rings (SSSR count). The number of nitrogens with zero attached hydrogens (tertiary/aromatic N) is 8. The Balaban J connectivity index is 1.14. The maximum atomic E-state index is 11.1. The molecular weight excluding hydrogens is 569 g/mol. The van der Waals surface area contributed by atoms with Crippen LogP contribution in [-0.2, 0) is 0 Å². The van der Waals surface area contributed by atoms with Crippen LogP contribution < -0.4 is 9.80 Å². The molecule has 1 aliphatic rings. The van der Waals surface area contributed by atoms with Gasteiger partial charge in [0.25, 0.3) is 5.69 Å². The minimum absolute atomic E-state index is 0.00374. The van der Waals surface area contributed by atoms with E-state index in [1.807, 2.05) is 49.4 Å². The highest BCUT2D eigenvalue weighted by molar-refractivity contribution is 7.20. The molecule has 2 aromatic heterocycles. The van der Waals surface area contributed by atoms with Crippen molar-refractivity contribution in [3.63, 3.8) is 0 Å². The molecule has 0 spiro atoms. The second kappa shape index (κ2) is 11.7. The summed E-state index contributed by atoms with van der Waals surface area (Å²) in [6.45, 7) is 6.27. The van der Waals surface area contributed by atoms with Crippen LogP contribution in [0.15, 0.2) is 87.2 Å². The first-order valence-corrected chi connectivity index (χ1v) is 15.1. The lowest BCUT2D eigenvalue weighted by Crippen LogP contribution is -2.15. The van der Waals surface area contributed by atoms with Crippen LogP contribution in [0.4, 0.5) is 43.4 Å². The van der Waals surface area contributed by atoms with Crippen LogP contribution in [0.25, 0.3) is 10.9 Å². The average Bonchev–Trinajstić information content (AvgIpc) is 3.76. The second-order valence-corrected chi connectivity index (χ2v) is 11.9. The van der Waals surface area contributed by atoms with Crippen LogP contribution in [0.1, 0.15) is 24.0 Å². The summed E-state index contributed by atoms with van der Waals surface area (Å²) < 4.78 is 4.31. The molecule has 212 valence electrons. The fraction of sp³-hybridized carbons (Fsp3) is 0.233. The van der Waals surface area contributed by atoms with Gasteiger partial charge in [-0.25, -0.2) is 0 Å². The van der Waals surface area contributed by atoms with Crippen LogP contribution in [-0.4, -0.2) is 29.4 Å². The Bertz CT molecular complexity index is 1840. The monoisotopic (exact) mass is 596 g/mol. The van der Waals surface area contributed by atoms with Crippen molar-refractivity contribution in [1.29, 1.82) is 0 Å². The van der Waals surface area contributed by atoms with Crippen molar-refractivity contribution < 1.29 is 4.92 Å². The van der Waals surface area contributed by atoms with Gasteiger partial charge in [0.1, 0.15) is 0 Å². The SMILES string of the molecule is Cc1cc(N(C)c2ccc(N3CCCC3)s2)ccc1N=Nc1ccc(N=Nc2snc3ccc([N+](=O)[O-])cc23)c(C)c1. The van der Waals surface area contributed by atoms with Crippen molar-refractivity contribution in [1.82, 2.24) is 4.37 Å².